The van der Waals surface area contributed by atoms with Crippen LogP contribution in [-0.2, 0) is 9.59 Å². The number of hydrogen-bond donors (Lipinski definition) is 2. The number of nitrogens with one attached hydrogen (secondary N) is 2. The van der Waals surface area contributed by atoms with Crippen molar-refractivity contribution in [3.63, 3.8) is 0 Å². The Kier molecular flexibility index (Phi) is 6.86. The Bertz CT molecular complexity index is 692. The molecule has 5 heteroatoms. The van der Waals surface area contributed by atoms with Crippen molar-refractivity contribution in [1.29, 1.82) is 0 Å². The van der Waals surface area contributed by atoms with Crippen LogP contribution in [0.4, 0.5) is 11.4 Å². The predicted molar refractivity (Wildman–Crippen MR) is 119 cm³/mol. The zero-order valence-electron chi connectivity index (χ0n) is 18.5. The highest BCUT2D eigenvalue weighted by Gasteiger charge is 2.31. The van der Waals surface area contributed by atoms with E-state index in [9.17, 15) is 9.59 Å². The monoisotopic (exact) mass is 399 g/mol. The molecule has 0 radical (unpaired) electrons. The molecule has 2 amide bonds. The first-order valence-corrected chi connectivity index (χ1v) is 11.2. The maximum atomic E-state index is 12.7. The van der Waals surface area contributed by atoms with Crippen LogP contribution in [-0.4, -0.2) is 30.4 Å². The lowest BCUT2D eigenvalue weighted by Gasteiger charge is -2.32. The number of rotatable bonds is 4. The first-order chi connectivity index (χ1) is 13.7. The zero-order valence-corrected chi connectivity index (χ0v) is 18.5. The van der Waals surface area contributed by atoms with Crippen molar-refractivity contribution in [1.82, 2.24) is 5.32 Å². The molecule has 160 valence electrons. The molecule has 3 rings (SSSR count). The van der Waals surface area contributed by atoms with Crippen LogP contribution in [0.15, 0.2) is 24.3 Å². The second-order valence-corrected chi connectivity index (χ2v) is 9.99. The summed E-state index contributed by atoms with van der Waals surface area (Å²) in [6.07, 6.45) is 5.61. The van der Waals surface area contributed by atoms with Crippen molar-refractivity contribution in [3.8, 4) is 0 Å². The fourth-order valence-electron chi connectivity index (χ4n) is 4.36. The molecule has 1 aliphatic carbocycles. The molecule has 1 heterocycles. The molecule has 1 saturated carbocycles. The number of benzene rings is 1. The maximum absolute atomic E-state index is 12.7. The Hall–Kier alpha value is -2.04. The van der Waals surface area contributed by atoms with Gasteiger partial charge >= 0.3 is 0 Å². The predicted octanol–water partition coefficient (Wildman–Crippen LogP) is 4.58. The Morgan fingerprint density at radius 2 is 1.38 bits per heavy atom. The Labute approximate surface area is 175 Å². The minimum absolute atomic E-state index is 0.00283. The lowest BCUT2D eigenvalue weighted by atomic mass is 9.81. The second-order valence-electron chi connectivity index (χ2n) is 9.99. The Morgan fingerprint density at radius 1 is 0.862 bits per heavy atom. The van der Waals surface area contributed by atoms with E-state index >= 15 is 0 Å². The molecule has 29 heavy (non-hydrogen) atoms. The van der Waals surface area contributed by atoms with E-state index in [0.29, 0.717) is 0 Å². The van der Waals surface area contributed by atoms with Gasteiger partial charge in [0.15, 0.2) is 0 Å². The molecule has 0 unspecified atom stereocenters. The lowest BCUT2D eigenvalue weighted by Crippen LogP contribution is -2.45. The number of carbonyl (C=O) groups excluding carboxylic acids is 2. The van der Waals surface area contributed by atoms with Crippen molar-refractivity contribution in [2.45, 2.75) is 71.8 Å². The van der Waals surface area contributed by atoms with Crippen LogP contribution in [0.5, 0.6) is 0 Å². The maximum Gasteiger partial charge on any atom is 0.227 e. The van der Waals surface area contributed by atoms with Gasteiger partial charge in [0.2, 0.25) is 11.8 Å². The molecule has 0 bridgehead atoms. The standard InChI is InChI=1S/C24H37N3O2/c1-17-13-15-27(16-14-17)21-11-9-20(10-12-21)25-22(28)18-5-7-19(8-6-18)23(29)26-24(2,3)4/h9-12,17-19H,5-8,13-16H2,1-4H3,(H,25,28)(H,26,29). The van der Waals surface area contributed by atoms with E-state index in [1.165, 1.54) is 18.5 Å². The average Bonchev–Trinajstić information content (AvgIpc) is 2.68. The molecule has 2 fully saturated rings. The van der Waals surface area contributed by atoms with Gasteiger partial charge in [-0.1, -0.05) is 6.92 Å². The number of amides is 2. The molecule has 1 aromatic carbocycles. The highest BCUT2D eigenvalue weighted by atomic mass is 16.2. The molecule has 1 aromatic rings. The first kappa shape index (κ1) is 21.7. The number of carbonyl (C=O) groups is 2. The smallest absolute Gasteiger partial charge is 0.227 e. The minimum atomic E-state index is -0.204. The summed E-state index contributed by atoms with van der Waals surface area (Å²) >= 11 is 0. The molecule has 0 spiro atoms. The largest absolute Gasteiger partial charge is 0.372 e. The SMILES string of the molecule is CC1CCN(c2ccc(NC(=O)C3CCC(C(=O)NC(C)(C)C)CC3)cc2)CC1. The fraction of sp³-hybridized carbons (Fsp3) is 0.667. The van der Waals surface area contributed by atoms with Gasteiger partial charge in [0.25, 0.3) is 0 Å². The molecule has 5 nitrogen and oxygen atoms in total. The van der Waals surface area contributed by atoms with Gasteiger partial charge in [-0.25, -0.2) is 0 Å². The van der Waals surface area contributed by atoms with E-state index < -0.39 is 0 Å². The summed E-state index contributed by atoms with van der Waals surface area (Å²) in [5.41, 5.74) is 1.89. The topological polar surface area (TPSA) is 61.4 Å². The van der Waals surface area contributed by atoms with Crippen LogP contribution in [0.25, 0.3) is 0 Å². The zero-order chi connectivity index (χ0) is 21.0. The highest BCUT2D eigenvalue weighted by Crippen LogP contribution is 2.31. The average molecular weight is 400 g/mol. The summed E-state index contributed by atoms with van der Waals surface area (Å²) in [5, 5.41) is 6.14. The second kappa shape index (κ2) is 9.19. The van der Waals surface area contributed by atoms with E-state index in [1.54, 1.807) is 0 Å². The number of hydrogen-bond acceptors (Lipinski definition) is 3. The fourth-order valence-corrected chi connectivity index (χ4v) is 4.36. The van der Waals surface area contributed by atoms with Gasteiger partial charge in [0.1, 0.15) is 0 Å². The summed E-state index contributed by atoms with van der Waals surface area (Å²) in [6, 6.07) is 8.24. The van der Waals surface area contributed by atoms with E-state index in [4.69, 9.17) is 0 Å². The van der Waals surface area contributed by atoms with Crippen LogP contribution in [0.3, 0.4) is 0 Å². The van der Waals surface area contributed by atoms with Gasteiger partial charge in [-0.15, -0.1) is 0 Å². The normalized spacial score (nSPS) is 23.5. The minimum Gasteiger partial charge on any atom is -0.372 e. The van der Waals surface area contributed by atoms with Gasteiger partial charge in [-0.05, 0) is 89.5 Å². The molecule has 1 aliphatic heterocycles. The van der Waals surface area contributed by atoms with Gasteiger partial charge < -0.3 is 15.5 Å². The van der Waals surface area contributed by atoms with E-state index in [1.807, 2.05) is 32.9 Å². The van der Waals surface area contributed by atoms with Crippen molar-refractivity contribution < 1.29 is 9.59 Å². The van der Waals surface area contributed by atoms with Crippen LogP contribution in [0.2, 0.25) is 0 Å². The Morgan fingerprint density at radius 3 is 1.90 bits per heavy atom. The van der Waals surface area contributed by atoms with Crippen LogP contribution in [0, 0.1) is 17.8 Å². The third-order valence-corrected chi connectivity index (χ3v) is 6.25. The van der Waals surface area contributed by atoms with E-state index in [2.05, 4.69) is 34.6 Å². The van der Waals surface area contributed by atoms with Crippen molar-refractivity contribution >= 4 is 23.2 Å². The number of piperidine rings is 1. The third kappa shape index (κ3) is 6.22. The lowest BCUT2D eigenvalue weighted by molar-refractivity contribution is -0.129. The van der Waals surface area contributed by atoms with Crippen LogP contribution in [0.1, 0.15) is 66.2 Å². The van der Waals surface area contributed by atoms with E-state index in [0.717, 1.165) is 50.4 Å². The van der Waals surface area contributed by atoms with Crippen LogP contribution < -0.4 is 15.5 Å². The van der Waals surface area contributed by atoms with Gasteiger partial charge in [-0.3, -0.25) is 9.59 Å². The van der Waals surface area contributed by atoms with Crippen molar-refractivity contribution in [2.75, 3.05) is 23.3 Å². The highest BCUT2D eigenvalue weighted by molar-refractivity contribution is 5.93. The molecule has 0 atom stereocenters. The van der Waals surface area contributed by atoms with Crippen LogP contribution >= 0.6 is 0 Å². The number of anilines is 2. The molecule has 0 aromatic heterocycles. The van der Waals surface area contributed by atoms with Gasteiger partial charge in [0, 0.05) is 41.8 Å². The molecular formula is C24H37N3O2. The number of nitrogens with zero attached hydrogens (tertiary/aromatic N) is 1. The molecule has 2 N–H and O–H groups in total. The quantitative estimate of drug-likeness (QED) is 0.779. The van der Waals surface area contributed by atoms with Gasteiger partial charge in [0.05, 0.1) is 0 Å². The first-order valence-electron chi connectivity index (χ1n) is 11.2. The molecule has 1 saturated heterocycles. The summed E-state index contributed by atoms with van der Waals surface area (Å²) in [4.78, 5) is 27.4. The van der Waals surface area contributed by atoms with Gasteiger partial charge in [-0.2, -0.15) is 0 Å². The molecule has 2 aliphatic rings. The van der Waals surface area contributed by atoms with Crippen molar-refractivity contribution in [2.24, 2.45) is 17.8 Å². The summed E-state index contributed by atoms with van der Waals surface area (Å²) in [7, 11) is 0. The summed E-state index contributed by atoms with van der Waals surface area (Å²) in [5.74, 6) is 1.06. The van der Waals surface area contributed by atoms with Crippen molar-refractivity contribution in [3.05, 3.63) is 24.3 Å². The molecular weight excluding hydrogens is 362 g/mol. The van der Waals surface area contributed by atoms with E-state index in [-0.39, 0.29) is 29.2 Å². The summed E-state index contributed by atoms with van der Waals surface area (Å²) in [6.45, 7) is 10.5. The Balaban J connectivity index is 1.47. The summed E-state index contributed by atoms with van der Waals surface area (Å²) < 4.78 is 0. The third-order valence-electron chi connectivity index (χ3n) is 6.25.